The standard InChI is InChI=1S/C10H14BrNO/c1-12(2)10(7-13)8-3-5-9(11)6-4-8/h3-6,10,13H,7H2,1-2H3/t10-/m1/s1. The molecular weight excluding hydrogens is 230 g/mol. The second-order valence-electron chi connectivity index (χ2n) is 3.21. The maximum absolute atomic E-state index is 9.17. The molecule has 1 rings (SSSR count). The predicted molar refractivity (Wildman–Crippen MR) is 57.7 cm³/mol. The van der Waals surface area contributed by atoms with Crippen molar-refractivity contribution in [2.75, 3.05) is 20.7 Å². The number of nitrogens with zero attached hydrogens (tertiary/aromatic N) is 1. The Balaban J connectivity index is 2.86. The number of benzene rings is 1. The molecule has 0 fully saturated rings. The van der Waals surface area contributed by atoms with E-state index in [1.165, 1.54) is 0 Å². The first-order chi connectivity index (χ1) is 6.15. The first-order valence-electron chi connectivity index (χ1n) is 4.18. The fraction of sp³-hybridized carbons (Fsp3) is 0.400. The topological polar surface area (TPSA) is 23.5 Å². The third-order valence-electron chi connectivity index (χ3n) is 2.05. The highest BCUT2D eigenvalue weighted by atomic mass is 79.9. The highest BCUT2D eigenvalue weighted by Gasteiger charge is 2.11. The van der Waals surface area contributed by atoms with Crippen LogP contribution in [0.15, 0.2) is 28.7 Å². The van der Waals surface area contributed by atoms with E-state index in [4.69, 9.17) is 5.11 Å². The average molecular weight is 244 g/mol. The Bertz CT molecular complexity index is 258. The summed E-state index contributed by atoms with van der Waals surface area (Å²) < 4.78 is 1.06. The van der Waals surface area contributed by atoms with Crippen molar-refractivity contribution in [1.29, 1.82) is 0 Å². The molecule has 0 bridgehead atoms. The number of aliphatic hydroxyl groups is 1. The molecule has 13 heavy (non-hydrogen) atoms. The van der Waals surface area contributed by atoms with E-state index in [0.717, 1.165) is 10.0 Å². The molecule has 0 aromatic heterocycles. The summed E-state index contributed by atoms with van der Waals surface area (Å²) in [6, 6.07) is 8.10. The fourth-order valence-corrected chi connectivity index (χ4v) is 1.52. The van der Waals surface area contributed by atoms with Gasteiger partial charge in [-0.25, -0.2) is 0 Å². The van der Waals surface area contributed by atoms with Crippen LogP contribution in [0.3, 0.4) is 0 Å². The molecule has 72 valence electrons. The zero-order valence-corrected chi connectivity index (χ0v) is 9.45. The lowest BCUT2D eigenvalue weighted by molar-refractivity contribution is 0.171. The van der Waals surface area contributed by atoms with E-state index in [2.05, 4.69) is 15.9 Å². The van der Waals surface area contributed by atoms with Crippen LogP contribution < -0.4 is 0 Å². The van der Waals surface area contributed by atoms with Crippen molar-refractivity contribution < 1.29 is 5.11 Å². The normalized spacial score (nSPS) is 13.3. The van der Waals surface area contributed by atoms with Crippen molar-refractivity contribution in [3.8, 4) is 0 Å². The van der Waals surface area contributed by atoms with Gasteiger partial charge in [0, 0.05) is 4.47 Å². The van der Waals surface area contributed by atoms with Gasteiger partial charge in [0.1, 0.15) is 0 Å². The van der Waals surface area contributed by atoms with Crippen molar-refractivity contribution in [3.05, 3.63) is 34.3 Å². The van der Waals surface area contributed by atoms with Crippen LogP contribution in [0.25, 0.3) is 0 Å². The molecule has 0 saturated carbocycles. The quantitative estimate of drug-likeness (QED) is 0.879. The Morgan fingerprint density at radius 2 is 1.85 bits per heavy atom. The van der Waals surface area contributed by atoms with E-state index in [0.29, 0.717) is 0 Å². The second-order valence-corrected chi connectivity index (χ2v) is 4.13. The van der Waals surface area contributed by atoms with Gasteiger partial charge in [0.15, 0.2) is 0 Å². The predicted octanol–water partition coefficient (Wildman–Crippen LogP) is 2.04. The summed E-state index contributed by atoms with van der Waals surface area (Å²) in [6.07, 6.45) is 0. The Morgan fingerprint density at radius 3 is 2.23 bits per heavy atom. The van der Waals surface area contributed by atoms with Gasteiger partial charge in [-0.2, -0.15) is 0 Å². The molecule has 1 atom stereocenters. The summed E-state index contributed by atoms with van der Waals surface area (Å²) >= 11 is 3.38. The zero-order valence-electron chi connectivity index (χ0n) is 7.87. The SMILES string of the molecule is CN(C)[C@H](CO)c1ccc(Br)cc1. The van der Waals surface area contributed by atoms with Crippen LogP contribution in [0, 0.1) is 0 Å². The molecule has 0 aliphatic rings. The van der Waals surface area contributed by atoms with Crippen molar-refractivity contribution >= 4 is 15.9 Å². The number of aliphatic hydroxyl groups excluding tert-OH is 1. The van der Waals surface area contributed by atoms with Crippen LogP contribution in [0.2, 0.25) is 0 Å². The molecule has 0 heterocycles. The Morgan fingerprint density at radius 1 is 1.31 bits per heavy atom. The summed E-state index contributed by atoms with van der Waals surface area (Å²) in [7, 11) is 3.92. The number of hydrogen-bond donors (Lipinski definition) is 1. The van der Waals surface area contributed by atoms with Gasteiger partial charge >= 0.3 is 0 Å². The maximum atomic E-state index is 9.17. The van der Waals surface area contributed by atoms with Gasteiger partial charge in [0.25, 0.3) is 0 Å². The third-order valence-corrected chi connectivity index (χ3v) is 2.58. The van der Waals surface area contributed by atoms with Gasteiger partial charge in [0.2, 0.25) is 0 Å². The molecule has 1 aromatic rings. The lowest BCUT2D eigenvalue weighted by atomic mass is 10.1. The van der Waals surface area contributed by atoms with E-state index in [-0.39, 0.29) is 12.6 Å². The number of hydrogen-bond acceptors (Lipinski definition) is 2. The van der Waals surface area contributed by atoms with Gasteiger partial charge in [-0.3, -0.25) is 0 Å². The van der Waals surface area contributed by atoms with E-state index in [1.54, 1.807) is 0 Å². The van der Waals surface area contributed by atoms with Crippen molar-refractivity contribution in [2.24, 2.45) is 0 Å². The number of halogens is 1. The lowest BCUT2D eigenvalue weighted by Crippen LogP contribution is -2.22. The summed E-state index contributed by atoms with van der Waals surface area (Å²) in [5.41, 5.74) is 1.13. The summed E-state index contributed by atoms with van der Waals surface area (Å²) in [5.74, 6) is 0. The Labute approximate surface area is 87.3 Å². The number of likely N-dealkylation sites (N-methyl/N-ethyl adjacent to an activating group) is 1. The monoisotopic (exact) mass is 243 g/mol. The van der Waals surface area contributed by atoms with Crippen molar-refractivity contribution in [1.82, 2.24) is 4.90 Å². The summed E-state index contributed by atoms with van der Waals surface area (Å²) in [4.78, 5) is 2.00. The average Bonchev–Trinajstić information content (AvgIpc) is 2.09. The molecule has 0 unspecified atom stereocenters. The van der Waals surface area contributed by atoms with E-state index >= 15 is 0 Å². The third kappa shape index (κ3) is 2.79. The van der Waals surface area contributed by atoms with Crippen LogP contribution >= 0.6 is 15.9 Å². The fourth-order valence-electron chi connectivity index (χ4n) is 1.25. The first kappa shape index (κ1) is 10.7. The van der Waals surface area contributed by atoms with Crippen molar-refractivity contribution in [3.63, 3.8) is 0 Å². The molecular formula is C10H14BrNO. The largest absolute Gasteiger partial charge is 0.394 e. The van der Waals surface area contributed by atoms with Crippen LogP contribution in [0.5, 0.6) is 0 Å². The van der Waals surface area contributed by atoms with Crippen LogP contribution in [0.1, 0.15) is 11.6 Å². The smallest absolute Gasteiger partial charge is 0.0628 e. The second kappa shape index (κ2) is 4.74. The van der Waals surface area contributed by atoms with E-state index in [1.807, 2.05) is 43.3 Å². The lowest BCUT2D eigenvalue weighted by Gasteiger charge is -2.22. The van der Waals surface area contributed by atoms with Gasteiger partial charge < -0.3 is 10.0 Å². The molecule has 0 amide bonds. The molecule has 3 heteroatoms. The molecule has 0 spiro atoms. The molecule has 0 radical (unpaired) electrons. The Hall–Kier alpha value is -0.380. The Kier molecular flexibility index (Phi) is 3.90. The minimum absolute atomic E-state index is 0.0908. The van der Waals surface area contributed by atoms with Gasteiger partial charge in [-0.15, -0.1) is 0 Å². The molecule has 1 N–H and O–H groups in total. The minimum Gasteiger partial charge on any atom is -0.394 e. The van der Waals surface area contributed by atoms with E-state index in [9.17, 15) is 0 Å². The van der Waals surface area contributed by atoms with Crippen molar-refractivity contribution in [2.45, 2.75) is 6.04 Å². The molecule has 0 saturated heterocycles. The van der Waals surface area contributed by atoms with Gasteiger partial charge in [-0.1, -0.05) is 28.1 Å². The highest BCUT2D eigenvalue weighted by Crippen LogP contribution is 2.19. The van der Waals surface area contributed by atoms with E-state index < -0.39 is 0 Å². The summed E-state index contributed by atoms with van der Waals surface area (Å²) in [6.45, 7) is 0.147. The van der Waals surface area contributed by atoms with Crippen LogP contribution in [-0.2, 0) is 0 Å². The zero-order chi connectivity index (χ0) is 9.84. The first-order valence-corrected chi connectivity index (χ1v) is 4.97. The molecule has 1 aromatic carbocycles. The van der Waals surface area contributed by atoms with Gasteiger partial charge in [-0.05, 0) is 31.8 Å². The maximum Gasteiger partial charge on any atom is 0.0628 e. The van der Waals surface area contributed by atoms with Crippen LogP contribution in [0.4, 0.5) is 0 Å². The molecule has 2 nitrogen and oxygen atoms in total. The minimum atomic E-state index is 0.0908. The number of rotatable bonds is 3. The molecule has 0 aliphatic heterocycles. The molecule has 0 aliphatic carbocycles. The van der Waals surface area contributed by atoms with Crippen LogP contribution in [-0.4, -0.2) is 30.7 Å². The van der Waals surface area contributed by atoms with Gasteiger partial charge in [0.05, 0.1) is 12.6 Å². The summed E-state index contributed by atoms with van der Waals surface area (Å²) in [5, 5.41) is 9.17. The highest BCUT2D eigenvalue weighted by molar-refractivity contribution is 9.10.